The van der Waals surface area contributed by atoms with Gasteiger partial charge in [-0.2, -0.15) is 0 Å². The number of hydrogen-bond donors (Lipinski definition) is 3. The van der Waals surface area contributed by atoms with E-state index < -0.39 is 36.9 Å². The normalized spacial score (nSPS) is 31.1. The Kier molecular flexibility index (Phi) is 2.81. The van der Waals surface area contributed by atoms with E-state index in [-0.39, 0.29) is 5.65 Å². The average molecular weight is 270 g/mol. The molecule has 2 aromatic heterocycles. The first-order valence-corrected chi connectivity index (χ1v) is 5.62. The smallest absolute Gasteiger partial charge is 0.329 e. The van der Waals surface area contributed by atoms with Crippen molar-refractivity contribution in [3.8, 4) is 0 Å². The Labute approximate surface area is 105 Å². The summed E-state index contributed by atoms with van der Waals surface area (Å²) in [6, 6.07) is 0. The van der Waals surface area contributed by atoms with E-state index in [0.717, 1.165) is 4.57 Å². The number of ether oxygens (including phenoxy) is 1. The van der Waals surface area contributed by atoms with E-state index in [1.165, 1.54) is 12.5 Å². The van der Waals surface area contributed by atoms with Crippen LogP contribution in [0.3, 0.4) is 0 Å². The van der Waals surface area contributed by atoms with Gasteiger partial charge in [0.1, 0.15) is 24.1 Å². The van der Waals surface area contributed by atoms with Crippen LogP contribution >= 0.6 is 0 Å². The SMILES string of the molecule is O=c1[nH]c2cncnc2n1[C@@H]1O[C@H](CO)[C@@H](F)[C@H]1O. The summed E-state index contributed by atoms with van der Waals surface area (Å²) in [7, 11) is 0. The summed E-state index contributed by atoms with van der Waals surface area (Å²) in [5.41, 5.74) is -0.0358. The lowest BCUT2D eigenvalue weighted by molar-refractivity contribution is -0.0510. The van der Waals surface area contributed by atoms with Crippen LogP contribution in [-0.4, -0.2) is 54.7 Å². The van der Waals surface area contributed by atoms with Crippen LogP contribution in [0, 0.1) is 0 Å². The molecule has 3 heterocycles. The van der Waals surface area contributed by atoms with Crippen LogP contribution in [-0.2, 0) is 4.74 Å². The molecule has 0 radical (unpaired) electrons. The minimum absolute atomic E-state index is 0.204. The number of nitrogens with zero attached hydrogens (tertiary/aromatic N) is 3. The molecule has 3 rings (SSSR count). The van der Waals surface area contributed by atoms with Gasteiger partial charge in [-0.25, -0.2) is 23.7 Å². The third-order valence-electron chi connectivity index (χ3n) is 3.10. The van der Waals surface area contributed by atoms with Crippen molar-refractivity contribution in [3.05, 3.63) is 23.0 Å². The van der Waals surface area contributed by atoms with Gasteiger partial charge >= 0.3 is 5.69 Å². The summed E-state index contributed by atoms with van der Waals surface area (Å²) < 4.78 is 19.9. The van der Waals surface area contributed by atoms with Crippen LogP contribution < -0.4 is 5.69 Å². The number of aromatic nitrogens is 4. The van der Waals surface area contributed by atoms with Gasteiger partial charge in [-0.3, -0.25) is 0 Å². The topological polar surface area (TPSA) is 113 Å². The predicted octanol–water partition coefficient (Wildman–Crippen LogP) is -1.29. The predicted molar refractivity (Wildman–Crippen MR) is 60.0 cm³/mol. The number of nitrogens with one attached hydrogen (secondary N) is 1. The van der Waals surface area contributed by atoms with Crippen molar-refractivity contribution in [2.75, 3.05) is 6.61 Å². The van der Waals surface area contributed by atoms with Crippen LogP contribution in [0.1, 0.15) is 6.23 Å². The Hall–Kier alpha value is -1.84. The fourth-order valence-corrected chi connectivity index (χ4v) is 2.18. The van der Waals surface area contributed by atoms with Crippen molar-refractivity contribution >= 4 is 11.2 Å². The number of aromatic amines is 1. The summed E-state index contributed by atoms with van der Waals surface area (Å²) in [4.78, 5) is 22.0. The summed E-state index contributed by atoms with van der Waals surface area (Å²) in [5.74, 6) is 0. The van der Waals surface area contributed by atoms with Crippen molar-refractivity contribution in [1.82, 2.24) is 19.5 Å². The first kappa shape index (κ1) is 12.2. The van der Waals surface area contributed by atoms with Gasteiger partial charge in [0.2, 0.25) is 0 Å². The molecule has 0 aliphatic carbocycles. The lowest BCUT2D eigenvalue weighted by Crippen LogP contribution is -2.32. The van der Waals surface area contributed by atoms with Gasteiger partial charge in [-0.15, -0.1) is 0 Å². The summed E-state index contributed by atoms with van der Waals surface area (Å²) in [6.45, 7) is -0.583. The van der Waals surface area contributed by atoms with Crippen molar-refractivity contribution in [2.45, 2.75) is 24.6 Å². The van der Waals surface area contributed by atoms with E-state index in [9.17, 15) is 14.3 Å². The highest BCUT2D eigenvalue weighted by atomic mass is 19.1. The third kappa shape index (κ3) is 1.74. The van der Waals surface area contributed by atoms with Crippen molar-refractivity contribution in [1.29, 1.82) is 0 Å². The number of fused-ring (bicyclic) bond motifs is 1. The Balaban J connectivity index is 2.10. The fourth-order valence-electron chi connectivity index (χ4n) is 2.18. The standard InChI is InChI=1S/C10H11FN4O4/c11-6-5(2-16)19-9(7(6)17)15-8-4(14-10(15)18)1-12-3-13-8/h1,3,5-7,9,16-17H,2H2,(H,14,18)/t5-,6-,7-,9-/m1/s1. The monoisotopic (exact) mass is 270 g/mol. The molecule has 0 amide bonds. The first-order chi connectivity index (χ1) is 9.13. The molecule has 1 aliphatic heterocycles. The Morgan fingerprint density at radius 2 is 2.37 bits per heavy atom. The van der Waals surface area contributed by atoms with E-state index in [0.29, 0.717) is 5.52 Å². The van der Waals surface area contributed by atoms with E-state index in [4.69, 9.17) is 9.84 Å². The first-order valence-electron chi connectivity index (χ1n) is 5.62. The van der Waals surface area contributed by atoms with Gasteiger partial charge in [0.25, 0.3) is 0 Å². The second kappa shape index (κ2) is 4.37. The maximum absolute atomic E-state index is 13.7. The summed E-state index contributed by atoms with van der Waals surface area (Å²) >= 11 is 0. The highest BCUT2D eigenvalue weighted by molar-refractivity contribution is 5.68. The van der Waals surface area contributed by atoms with Crippen molar-refractivity contribution in [2.24, 2.45) is 0 Å². The van der Waals surface area contributed by atoms with Crippen LogP contribution in [0.2, 0.25) is 0 Å². The van der Waals surface area contributed by atoms with E-state index in [1.54, 1.807) is 0 Å². The molecule has 3 N–H and O–H groups in total. The van der Waals surface area contributed by atoms with Gasteiger partial charge < -0.3 is 19.9 Å². The number of aliphatic hydroxyl groups excluding tert-OH is 2. The number of hydrogen-bond acceptors (Lipinski definition) is 6. The molecular weight excluding hydrogens is 259 g/mol. The minimum Gasteiger partial charge on any atom is -0.394 e. The number of H-pyrrole nitrogens is 1. The molecule has 1 saturated heterocycles. The number of imidazole rings is 1. The molecule has 0 unspecified atom stereocenters. The molecule has 0 spiro atoms. The van der Waals surface area contributed by atoms with Crippen LogP contribution in [0.25, 0.3) is 11.2 Å². The van der Waals surface area contributed by atoms with Crippen LogP contribution in [0.4, 0.5) is 4.39 Å². The quantitative estimate of drug-likeness (QED) is 0.625. The van der Waals surface area contributed by atoms with Crippen molar-refractivity contribution < 1.29 is 19.3 Å². The second-order valence-corrected chi connectivity index (χ2v) is 4.24. The Morgan fingerprint density at radius 3 is 3.05 bits per heavy atom. The number of aliphatic hydroxyl groups is 2. The van der Waals surface area contributed by atoms with Crippen molar-refractivity contribution in [3.63, 3.8) is 0 Å². The fraction of sp³-hybridized carbons (Fsp3) is 0.500. The molecule has 102 valence electrons. The van der Waals surface area contributed by atoms with Gasteiger partial charge in [0, 0.05) is 0 Å². The maximum Gasteiger partial charge on any atom is 0.329 e. The molecule has 0 aromatic carbocycles. The molecule has 8 nitrogen and oxygen atoms in total. The Bertz CT molecular complexity index is 656. The zero-order valence-corrected chi connectivity index (χ0v) is 9.60. The summed E-state index contributed by atoms with van der Waals surface area (Å²) in [5, 5.41) is 18.7. The van der Waals surface area contributed by atoms with Gasteiger partial charge in [-0.1, -0.05) is 0 Å². The van der Waals surface area contributed by atoms with Gasteiger partial charge in [0.15, 0.2) is 18.0 Å². The highest BCUT2D eigenvalue weighted by Crippen LogP contribution is 2.31. The lowest BCUT2D eigenvalue weighted by Gasteiger charge is -2.15. The van der Waals surface area contributed by atoms with E-state index in [1.807, 2.05) is 0 Å². The molecule has 0 bridgehead atoms. The van der Waals surface area contributed by atoms with E-state index >= 15 is 0 Å². The van der Waals surface area contributed by atoms with Gasteiger partial charge in [0.05, 0.1) is 12.8 Å². The number of halogens is 1. The zero-order chi connectivity index (χ0) is 13.6. The second-order valence-electron chi connectivity index (χ2n) is 4.24. The largest absolute Gasteiger partial charge is 0.394 e. The minimum atomic E-state index is -1.77. The molecule has 19 heavy (non-hydrogen) atoms. The molecule has 1 fully saturated rings. The average Bonchev–Trinajstić information content (AvgIpc) is 2.88. The number of alkyl halides is 1. The molecule has 0 saturated carbocycles. The molecule has 4 atom stereocenters. The van der Waals surface area contributed by atoms with E-state index in [2.05, 4.69) is 15.0 Å². The molecule has 2 aromatic rings. The Morgan fingerprint density at radius 1 is 1.58 bits per heavy atom. The number of rotatable bonds is 2. The molecular formula is C10H11FN4O4. The summed E-state index contributed by atoms with van der Waals surface area (Å²) in [6.07, 6.45) is -3.11. The maximum atomic E-state index is 13.7. The zero-order valence-electron chi connectivity index (χ0n) is 9.60. The molecule has 9 heteroatoms. The van der Waals surface area contributed by atoms with Gasteiger partial charge in [-0.05, 0) is 0 Å². The lowest BCUT2D eigenvalue weighted by atomic mass is 10.1. The van der Waals surface area contributed by atoms with Crippen LogP contribution in [0.5, 0.6) is 0 Å². The molecule has 1 aliphatic rings. The third-order valence-corrected chi connectivity index (χ3v) is 3.10. The van der Waals surface area contributed by atoms with Crippen LogP contribution in [0.15, 0.2) is 17.3 Å². The highest BCUT2D eigenvalue weighted by Gasteiger charge is 2.46.